The van der Waals surface area contributed by atoms with Gasteiger partial charge in [0.2, 0.25) is 0 Å². The Morgan fingerprint density at radius 1 is 0.905 bits per heavy atom. The van der Waals surface area contributed by atoms with Crippen LogP contribution in [0.4, 0.5) is 0 Å². The van der Waals surface area contributed by atoms with Crippen LogP contribution in [-0.4, -0.2) is 34.3 Å². The lowest BCUT2D eigenvalue weighted by Gasteiger charge is -2.25. The molecule has 1 atom stereocenters. The topological polar surface area (TPSA) is 69.7 Å². The molecule has 0 fully saturated rings. The summed E-state index contributed by atoms with van der Waals surface area (Å²) in [7, 11) is 0. The van der Waals surface area contributed by atoms with E-state index in [-0.39, 0.29) is 24.0 Å². The van der Waals surface area contributed by atoms with Gasteiger partial charge in [0.25, 0.3) is 0 Å². The summed E-state index contributed by atoms with van der Waals surface area (Å²) >= 11 is 3.05. The second kappa shape index (κ2) is 7.92. The molecule has 0 amide bonds. The molecule has 0 bridgehead atoms. The first kappa shape index (κ1) is 20.1. The number of hydrogen-bond acceptors (Lipinski definition) is 5. The zero-order valence-corrected chi connectivity index (χ0v) is 15.2. The molecule has 0 aromatic heterocycles. The maximum atomic E-state index is 12.1. The van der Waals surface area contributed by atoms with Crippen LogP contribution in [-0.2, 0) is 23.9 Å². The molecule has 0 N–H and O–H groups in total. The Labute approximate surface area is 134 Å². The molecule has 0 spiro atoms. The summed E-state index contributed by atoms with van der Waals surface area (Å²) < 4.78 is 10.5. The van der Waals surface area contributed by atoms with Crippen molar-refractivity contribution in [2.24, 2.45) is 5.92 Å². The van der Waals surface area contributed by atoms with Gasteiger partial charge in [-0.2, -0.15) is 0 Å². The molecule has 0 saturated carbocycles. The van der Waals surface area contributed by atoms with E-state index in [1.807, 2.05) is 0 Å². The maximum absolute atomic E-state index is 12.1. The highest BCUT2D eigenvalue weighted by molar-refractivity contribution is 9.09. The third kappa shape index (κ3) is 10.5. The fourth-order valence-electron chi connectivity index (χ4n) is 1.54. The van der Waals surface area contributed by atoms with Crippen molar-refractivity contribution in [3.8, 4) is 0 Å². The molecule has 0 radical (unpaired) electrons. The average molecular weight is 365 g/mol. The number of carbonyl (C=O) groups excluding carboxylic acids is 3. The van der Waals surface area contributed by atoms with E-state index in [1.54, 1.807) is 41.5 Å². The highest BCUT2D eigenvalue weighted by atomic mass is 79.9. The fourth-order valence-corrected chi connectivity index (χ4v) is 1.77. The molecule has 0 aliphatic carbocycles. The molecule has 6 heteroatoms. The quantitative estimate of drug-likeness (QED) is 0.535. The Morgan fingerprint density at radius 3 is 1.76 bits per heavy atom. The van der Waals surface area contributed by atoms with E-state index in [2.05, 4.69) is 15.9 Å². The smallest absolute Gasteiger partial charge is 0.310 e. The van der Waals surface area contributed by atoms with Crippen molar-refractivity contribution in [2.75, 3.05) is 5.33 Å². The summed E-state index contributed by atoms with van der Waals surface area (Å²) in [6, 6.07) is 0. The van der Waals surface area contributed by atoms with Crippen LogP contribution in [0.15, 0.2) is 0 Å². The van der Waals surface area contributed by atoms with Gasteiger partial charge in [-0.3, -0.25) is 14.4 Å². The monoisotopic (exact) mass is 364 g/mol. The second-order valence-electron chi connectivity index (χ2n) is 6.90. The zero-order chi connectivity index (χ0) is 16.8. The van der Waals surface area contributed by atoms with E-state index >= 15 is 0 Å². The number of ether oxygens (including phenoxy) is 2. The van der Waals surface area contributed by atoms with E-state index < -0.39 is 29.1 Å². The molecule has 0 aliphatic rings. The van der Waals surface area contributed by atoms with Crippen molar-refractivity contribution >= 4 is 33.7 Å². The first-order chi connectivity index (χ1) is 9.34. The van der Waals surface area contributed by atoms with Crippen LogP contribution < -0.4 is 0 Å². The van der Waals surface area contributed by atoms with Gasteiger partial charge in [0.1, 0.15) is 17.0 Å². The Kier molecular flexibility index (Phi) is 7.57. The van der Waals surface area contributed by atoms with Crippen LogP contribution in [0.5, 0.6) is 0 Å². The highest BCUT2D eigenvalue weighted by Gasteiger charge is 2.30. The number of halogens is 1. The summed E-state index contributed by atoms with van der Waals surface area (Å²) in [6.07, 6.45) is -0.204. The van der Waals surface area contributed by atoms with E-state index in [4.69, 9.17) is 9.47 Å². The number of Topliss-reactive ketones (excluding diaryl/α,β-unsaturated/α-hetero) is 1. The summed E-state index contributed by atoms with van der Waals surface area (Å²) in [5, 5.41) is 0.140. The normalized spacial score (nSPS) is 13.5. The van der Waals surface area contributed by atoms with Gasteiger partial charge in [-0.05, 0) is 41.5 Å². The predicted molar refractivity (Wildman–Crippen MR) is 83.2 cm³/mol. The van der Waals surface area contributed by atoms with Gasteiger partial charge in [-0.1, -0.05) is 15.9 Å². The van der Waals surface area contributed by atoms with Crippen molar-refractivity contribution in [1.82, 2.24) is 0 Å². The van der Waals surface area contributed by atoms with E-state index in [0.717, 1.165) is 0 Å². The minimum Gasteiger partial charge on any atom is -0.460 e. The molecule has 122 valence electrons. The van der Waals surface area contributed by atoms with Crippen LogP contribution in [0.25, 0.3) is 0 Å². The molecule has 21 heavy (non-hydrogen) atoms. The van der Waals surface area contributed by atoms with Crippen LogP contribution in [0.2, 0.25) is 0 Å². The van der Waals surface area contributed by atoms with E-state index in [9.17, 15) is 14.4 Å². The molecule has 0 saturated heterocycles. The van der Waals surface area contributed by atoms with Crippen LogP contribution in [0.1, 0.15) is 54.4 Å². The number of rotatable bonds is 6. The van der Waals surface area contributed by atoms with E-state index in [1.165, 1.54) is 0 Å². The number of carbonyl (C=O) groups is 3. The standard InChI is InChI=1S/C15H25BrO5/c1-14(2,3)20-12(18)8-10(7-11(17)9-16)13(19)21-15(4,5)6/h10H,7-9H2,1-6H3/t10-/m0/s1. The van der Waals surface area contributed by atoms with Gasteiger partial charge < -0.3 is 9.47 Å². The predicted octanol–water partition coefficient (Wildman–Crippen LogP) is 3.03. The second-order valence-corrected chi connectivity index (χ2v) is 7.46. The summed E-state index contributed by atoms with van der Waals surface area (Å²) in [6.45, 7) is 10.5. The molecular weight excluding hydrogens is 340 g/mol. The third-order valence-corrected chi connectivity index (χ3v) is 2.82. The lowest BCUT2D eigenvalue weighted by molar-refractivity contribution is -0.167. The molecule has 0 aromatic rings. The largest absolute Gasteiger partial charge is 0.460 e. The lowest BCUT2D eigenvalue weighted by Crippen LogP contribution is -2.33. The number of esters is 2. The van der Waals surface area contributed by atoms with Crippen molar-refractivity contribution in [3.05, 3.63) is 0 Å². The minimum absolute atomic E-state index is 0.0423. The van der Waals surface area contributed by atoms with Crippen molar-refractivity contribution in [2.45, 2.75) is 65.6 Å². The maximum Gasteiger partial charge on any atom is 0.310 e. The Morgan fingerprint density at radius 2 is 1.38 bits per heavy atom. The molecular formula is C15H25BrO5. The SMILES string of the molecule is CC(C)(C)OC(=O)C[C@H](CC(=O)CBr)C(=O)OC(C)(C)C. The number of hydrogen-bond donors (Lipinski definition) is 0. The molecule has 0 unspecified atom stereocenters. The summed E-state index contributed by atoms with van der Waals surface area (Å²) in [5.74, 6) is -2.04. The van der Waals surface area contributed by atoms with Crippen molar-refractivity contribution < 1.29 is 23.9 Å². The summed E-state index contributed by atoms with van der Waals surface area (Å²) in [5.41, 5.74) is -1.30. The molecule has 5 nitrogen and oxygen atoms in total. The van der Waals surface area contributed by atoms with Crippen LogP contribution in [0.3, 0.4) is 0 Å². The van der Waals surface area contributed by atoms with Gasteiger partial charge in [-0.25, -0.2) is 0 Å². The van der Waals surface area contributed by atoms with Crippen molar-refractivity contribution in [3.63, 3.8) is 0 Å². The van der Waals surface area contributed by atoms with Crippen molar-refractivity contribution in [1.29, 1.82) is 0 Å². The molecule has 0 heterocycles. The van der Waals surface area contributed by atoms with E-state index in [0.29, 0.717) is 0 Å². The third-order valence-electron chi connectivity index (χ3n) is 2.20. The van der Waals surface area contributed by atoms with Crippen LogP contribution >= 0.6 is 15.9 Å². The van der Waals surface area contributed by atoms with Gasteiger partial charge in [0.15, 0.2) is 0 Å². The Bertz CT molecular complexity index is 390. The van der Waals surface area contributed by atoms with Gasteiger partial charge in [0, 0.05) is 6.42 Å². The average Bonchev–Trinajstić information content (AvgIpc) is 2.22. The van der Waals surface area contributed by atoms with Gasteiger partial charge >= 0.3 is 11.9 Å². The molecule has 0 aliphatic heterocycles. The lowest BCUT2D eigenvalue weighted by atomic mass is 9.98. The molecule has 0 aromatic carbocycles. The molecule has 0 rings (SSSR count). The zero-order valence-electron chi connectivity index (χ0n) is 13.6. The van der Waals surface area contributed by atoms with Gasteiger partial charge in [0.05, 0.1) is 17.7 Å². The Hall–Kier alpha value is -0.910. The van der Waals surface area contributed by atoms with Gasteiger partial charge in [-0.15, -0.1) is 0 Å². The summed E-state index contributed by atoms with van der Waals surface area (Å²) in [4.78, 5) is 35.5. The fraction of sp³-hybridized carbons (Fsp3) is 0.800. The first-order valence-electron chi connectivity index (χ1n) is 6.86. The number of ketones is 1. The number of alkyl halides is 1. The Balaban J connectivity index is 4.86. The minimum atomic E-state index is -0.816. The van der Waals surface area contributed by atoms with Crippen LogP contribution in [0, 0.1) is 5.92 Å². The first-order valence-corrected chi connectivity index (χ1v) is 7.98. The highest BCUT2D eigenvalue weighted by Crippen LogP contribution is 2.20.